The number of carbonyl (C=O) groups excluding carboxylic acids is 1. The van der Waals surface area contributed by atoms with Gasteiger partial charge in [-0.05, 0) is 24.6 Å². The highest BCUT2D eigenvalue weighted by Gasteiger charge is 2.11. The largest absolute Gasteiger partial charge is 0.481 e. The van der Waals surface area contributed by atoms with Crippen molar-refractivity contribution in [3.63, 3.8) is 0 Å². The zero-order valence-electron chi connectivity index (χ0n) is 12.3. The lowest BCUT2D eigenvalue weighted by molar-refractivity contribution is -0.137. The van der Waals surface area contributed by atoms with E-state index in [1.54, 1.807) is 7.05 Å². The third kappa shape index (κ3) is 4.46. The maximum absolute atomic E-state index is 11.9. The Morgan fingerprint density at radius 2 is 1.90 bits per heavy atom. The van der Waals surface area contributed by atoms with Gasteiger partial charge in [-0.15, -0.1) is 0 Å². The number of hydrogen-bond donors (Lipinski definition) is 2. The minimum Gasteiger partial charge on any atom is -0.481 e. The molecule has 0 radical (unpaired) electrons. The summed E-state index contributed by atoms with van der Waals surface area (Å²) in [5, 5.41) is 11.4. The monoisotopic (exact) mass is 279 g/mol. The molecule has 0 aromatic heterocycles. The molecular weight excluding hydrogens is 258 g/mol. The molecule has 2 amide bonds. The topological polar surface area (TPSA) is 72.9 Å². The Bertz CT molecular complexity index is 500. The second kappa shape index (κ2) is 6.79. The maximum Gasteiger partial charge on any atom is 0.321 e. The zero-order chi connectivity index (χ0) is 15.3. The Labute approximate surface area is 119 Å². The fourth-order valence-electron chi connectivity index (χ4n) is 1.75. The number of urea groups is 1. The minimum absolute atomic E-state index is 0.0687. The van der Waals surface area contributed by atoms with Crippen molar-refractivity contribution in [2.24, 2.45) is 0 Å². The van der Waals surface area contributed by atoms with Crippen LogP contribution in [0.25, 0.3) is 0 Å². The number of hydrogen-bond acceptors (Lipinski definition) is 3. The van der Waals surface area contributed by atoms with Gasteiger partial charge >= 0.3 is 12.0 Å². The summed E-state index contributed by atoms with van der Waals surface area (Å²) in [5.41, 5.74) is 2.83. The molecule has 0 atom stereocenters. The Morgan fingerprint density at radius 1 is 1.25 bits per heavy atom. The Hall–Kier alpha value is -2.24. The van der Waals surface area contributed by atoms with Crippen LogP contribution < -0.4 is 10.2 Å². The summed E-state index contributed by atoms with van der Waals surface area (Å²) in [5.74, 6) is -0.921. The van der Waals surface area contributed by atoms with Crippen molar-refractivity contribution in [1.82, 2.24) is 4.90 Å². The predicted molar refractivity (Wildman–Crippen MR) is 79.4 cm³/mol. The summed E-state index contributed by atoms with van der Waals surface area (Å²) in [6.07, 6.45) is -0.0687. The normalized spacial score (nSPS) is 10.0. The molecule has 6 heteroatoms. The van der Waals surface area contributed by atoms with Crippen LogP contribution in [-0.2, 0) is 4.79 Å². The average molecular weight is 279 g/mol. The van der Waals surface area contributed by atoms with Crippen LogP contribution in [0, 0.1) is 6.92 Å². The zero-order valence-corrected chi connectivity index (χ0v) is 12.3. The molecule has 0 aliphatic rings. The lowest BCUT2D eigenvalue weighted by atomic mass is 10.1. The van der Waals surface area contributed by atoms with Crippen LogP contribution >= 0.6 is 0 Å². The van der Waals surface area contributed by atoms with Crippen molar-refractivity contribution < 1.29 is 14.7 Å². The van der Waals surface area contributed by atoms with Gasteiger partial charge in [-0.25, -0.2) is 4.79 Å². The van der Waals surface area contributed by atoms with Gasteiger partial charge in [-0.1, -0.05) is 6.07 Å². The van der Waals surface area contributed by atoms with Gasteiger partial charge in [0, 0.05) is 39.1 Å². The van der Waals surface area contributed by atoms with E-state index < -0.39 is 5.97 Å². The second-order valence-electron chi connectivity index (χ2n) is 4.89. The first-order valence-electron chi connectivity index (χ1n) is 6.33. The van der Waals surface area contributed by atoms with Gasteiger partial charge in [0.2, 0.25) is 0 Å². The number of carbonyl (C=O) groups is 2. The molecular formula is C14H21N3O3. The minimum atomic E-state index is -0.921. The third-order valence-electron chi connectivity index (χ3n) is 2.95. The van der Waals surface area contributed by atoms with Crippen molar-refractivity contribution in [3.8, 4) is 0 Å². The van der Waals surface area contributed by atoms with Crippen molar-refractivity contribution in [1.29, 1.82) is 0 Å². The van der Waals surface area contributed by atoms with E-state index in [-0.39, 0.29) is 19.0 Å². The smallest absolute Gasteiger partial charge is 0.321 e. The summed E-state index contributed by atoms with van der Waals surface area (Å²) in [6, 6.07) is 5.32. The van der Waals surface area contributed by atoms with Crippen molar-refractivity contribution in [2.45, 2.75) is 13.3 Å². The number of carboxylic acids is 1. The Balaban J connectivity index is 2.70. The number of aryl methyl sites for hydroxylation is 1. The summed E-state index contributed by atoms with van der Waals surface area (Å²) in [6.45, 7) is 2.17. The second-order valence-corrected chi connectivity index (χ2v) is 4.89. The highest BCUT2D eigenvalue weighted by atomic mass is 16.4. The first-order valence-corrected chi connectivity index (χ1v) is 6.33. The van der Waals surface area contributed by atoms with Crippen LogP contribution in [0.3, 0.4) is 0 Å². The molecule has 1 aromatic rings. The van der Waals surface area contributed by atoms with Crippen LogP contribution in [0.15, 0.2) is 18.2 Å². The molecule has 0 unspecified atom stereocenters. The number of amides is 2. The SMILES string of the molecule is Cc1ccc(NC(=O)N(C)CCC(=O)O)cc1N(C)C. The van der Waals surface area contributed by atoms with Crippen LogP contribution in [0.5, 0.6) is 0 Å². The van der Waals surface area contributed by atoms with Gasteiger partial charge < -0.3 is 20.2 Å². The van der Waals surface area contributed by atoms with Gasteiger partial charge in [0.15, 0.2) is 0 Å². The molecule has 20 heavy (non-hydrogen) atoms. The predicted octanol–water partition coefficient (Wildman–Crippen LogP) is 2.00. The number of carboxylic acid groups (broad SMARTS) is 1. The van der Waals surface area contributed by atoms with Gasteiger partial charge in [-0.3, -0.25) is 4.79 Å². The standard InChI is InChI=1S/C14H21N3O3/c1-10-5-6-11(9-12(10)16(2)3)15-14(20)17(4)8-7-13(18)19/h5-6,9H,7-8H2,1-4H3,(H,15,20)(H,18,19). The molecule has 1 aromatic carbocycles. The highest BCUT2D eigenvalue weighted by molar-refractivity contribution is 5.90. The van der Waals surface area contributed by atoms with Crippen LogP contribution in [0.1, 0.15) is 12.0 Å². The number of nitrogens with one attached hydrogen (secondary N) is 1. The fraction of sp³-hybridized carbons (Fsp3) is 0.429. The van der Waals surface area contributed by atoms with E-state index in [4.69, 9.17) is 5.11 Å². The van der Waals surface area contributed by atoms with E-state index in [0.717, 1.165) is 11.3 Å². The number of nitrogens with zero attached hydrogens (tertiary/aromatic N) is 2. The number of aliphatic carboxylic acids is 1. The molecule has 0 aliphatic heterocycles. The molecule has 0 saturated carbocycles. The number of anilines is 2. The number of benzene rings is 1. The van der Waals surface area contributed by atoms with E-state index >= 15 is 0 Å². The van der Waals surface area contributed by atoms with Gasteiger partial charge in [0.05, 0.1) is 6.42 Å². The quantitative estimate of drug-likeness (QED) is 0.864. The van der Waals surface area contributed by atoms with Crippen LogP contribution in [-0.4, -0.2) is 49.7 Å². The summed E-state index contributed by atoms with van der Waals surface area (Å²) >= 11 is 0. The molecule has 0 aliphatic carbocycles. The van der Waals surface area contributed by atoms with Gasteiger partial charge in [0.1, 0.15) is 0 Å². The molecule has 6 nitrogen and oxygen atoms in total. The molecule has 110 valence electrons. The summed E-state index contributed by atoms with van der Waals surface area (Å²) < 4.78 is 0. The van der Waals surface area contributed by atoms with Crippen molar-refractivity contribution in [3.05, 3.63) is 23.8 Å². The van der Waals surface area contributed by atoms with E-state index in [1.165, 1.54) is 4.90 Å². The van der Waals surface area contributed by atoms with Crippen LogP contribution in [0.2, 0.25) is 0 Å². The van der Waals surface area contributed by atoms with E-state index in [0.29, 0.717) is 5.69 Å². The molecule has 0 fully saturated rings. The first-order chi connectivity index (χ1) is 9.31. The van der Waals surface area contributed by atoms with E-state index in [2.05, 4.69) is 5.32 Å². The van der Waals surface area contributed by atoms with Gasteiger partial charge in [-0.2, -0.15) is 0 Å². The van der Waals surface area contributed by atoms with Crippen molar-refractivity contribution in [2.75, 3.05) is 37.9 Å². The fourth-order valence-corrected chi connectivity index (χ4v) is 1.75. The Morgan fingerprint density at radius 3 is 2.45 bits per heavy atom. The molecule has 1 rings (SSSR count). The lowest BCUT2D eigenvalue weighted by Crippen LogP contribution is -2.33. The van der Waals surface area contributed by atoms with Gasteiger partial charge in [0.25, 0.3) is 0 Å². The van der Waals surface area contributed by atoms with Crippen LogP contribution in [0.4, 0.5) is 16.2 Å². The average Bonchev–Trinajstić information content (AvgIpc) is 2.37. The van der Waals surface area contributed by atoms with E-state index in [9.17, 15) is 9.59 Å². The maximum atomic E-state index is 11.9. The van der Waals surface area contributed by atoms with E-state index in [1.807, 2.05) is 44.1 Å². The molecule has 0 spiro atoms. The number of rotatable bonds is 5. The lowest BCUT2D eigenvalue weighted by Gasteiger charge is -2.20. The molecule has 0 bridgehead atoms. The molecule has 0 heterocycles. The molecule has 0 saturated heterocycles. The Kier molecular flexibility index (Phi) is 5.37. The van der Waals surface area contributed by atoms with Crippen molar-refractivity contribution >= 4 is 23.4 Å². The summed E-state index contributed by atoms with van der Waals surface area (Å²) in [7, 11) is 5.44. The summed E-state index contributed by atoms with van der Waals surface area (Å²) in [4.78, 5) is 25.7. The highest BCUT2D eigenvalue weighted by Crippen LogP contribution is 2.22. The molecule has 2 N–H and O–H groups in total. The first kappa shape index (κ1) is 15.8. The third-order valence-corrected chi connectivity index (χ3v) is 2.95.